The fourth-order valence-electron chi connectivity index (χ4n) is 5.16. The van der Waals surface area contributed by atoms with Gasteiger partial charge in [0.25, 0.3) is 5.56 Å². The molecular formula is C32H41N3O4. The van der Waals surface area contributed by atoms with Crippen LogP contribution >= 0.6 is 0 Å². The largest absolute Gasteiger partial charge is 0.469 e. The SMILES string of the molecule is COC(=O)C[C@H](CC(=O)C(CC(C)C)n1ccc(CN(C)C)cc1=O)c1cncc(-c2c(C)cccc2C)c1. The predicted octanol–water partition coefficient (Wildman–Crippen LogP) is 5.48. The van der Waals surface area contributed by atoms with E-state index in [4.69, 9.17) is 4.74 Å². The topological polar surface area (TPSA) is 81.5 Å². The summed E-state index contributed by atoms with van der Waals surface area (Å²) in [6.07, 6.45) is 5.92. The van der Waals surface area contributed by atoms with Gasteiger partial charge >= 0.3 is 5.97 Å². The van der Waals surface area contributed by atoms with E-state index >= 15 is 0 Å². The predicted molar refractivity (Wildman–Crippen MR) is 155 cm³/mol. The molecule has 2 aromatic heterocycles. The zero-order chi connectivity index (χ0) is 28.7. The first kappa shape index (κ1) is 30.0. The van der Waals surface area contributed by atoms with E-state index in [0.717, 1.165) is 33.4 Å². The second-order valence-electron chi connectivity index (χ2n) is 11.1. The molecule has 3 rings (SSSR count). The Hall–Kier alpha value is -3.58. The maximum absolute atomic E-state index is 13.9. The number of carbonyl (C=O) groups excluding carboxylic acids is 2. The monoisotopic (exact) mass is 531 g/mol. The molecule has 0 fully saturated rings. The van der Waals surface area contributed by atoms with Crippen molar-refractivity contribution < 1.29 is 14.3 Å². The molecule has 0 aliphatic rings. The van der Waals surface area contributed by atoms with Gasteiger partial charge in [-0.25, -0.2) is 0 Å². The molecule has 0 saturated heterocycles. The Morgan fingerprint density at radius 3 is 2.31 bits per heavy atom. The molecular weight excluding hydrogens is 490 g/mol. The van der Waals surface area contributed by atoms with Gasteiger partial charge in [0.1, 0.15) is 0 Å². The highest BCUT2D eigenvalue weighted by molar-refractivity contribution is 5.84. The molecule has 7 heteroatoms. The summed E-state index contributed by atoms with van der Waals surface area (Å²) in [6, 6.07) is 11.0. The number of esters is 1. The van der Waals surface area contributed by atoms with Crippen molar-refractivity contribution in [1.29, 1.82) is 0 Å². The van der Waals surface area contributed by atoms with Gasteiger partial charge in [0, 0.05) is 49.1 Å². The lowest BCUT2D eigenvalue weighted by Crippen LogP contribution is -2.32. The molecule has 0 N–H and O–H groups in total. The number of Topliss-reactive ketones (excluding diaryl/α,β-unsaturated/α-hetero) is 1. The lowest BCUT2D eigenvalue weighted by atomic mass is 9.86. The fourth-order valence-corrected chi connectivity index (χ4v) is 5.16. The van der Waals surface area contributed by atoms with E-state index in [-0.39, 0.29) is 30.1 Å². The van der Waals surface area contributed by atoms with Crippen LogP contribution < -0.4 is 5.56 Å². The molecule has 39 heavy (non-hydrogen) atoms. The number of ether oxygens (including phenoxy) is 1. The van der Waals surface area contributed by atoms with E-state index in [0.29, 0.717) is 13.0 Å². The molecule has 0 aliphatic heterocycles. The van der Waals surface area contributed by atoms with Gasteiger partial charge in [-0.3, -0.25) is 19.4 Å². The van der Waals surface area contributed by atoms with Crippen LogP contribution in [-0.2, 0) is 20.9 Å². The number of rotatable bonds is 12. The van der Waals surface area contributed by atoms with Crippen LogP contribution in [0.4, 0.5) is 0 Å². The van der Waals surface area contributed by atoms with Crippen LogP contribution in [0.5, 0.6) is 0 Å². The maximum Gasteiger partial charge on any atom is 0.306 e. The summed E-state index contributed by atoms with van der Waals surface area (Å²) in [7, 11) is 5.24. The number of aryl methyl sites for hydroxylation is 2. The van der Waals surface area contributed by atoms with Crippen molar-refractivity contribution >= 4 is 11.8 Å². The number of hydrogen-bond acceptors (Lipinski definition) is 6. The van der Waals surface area contributed by atoms with Gasteiger partial charge < -0.3 is 14.2 Å². The average molecular weight is 532 g/mol. The molecule has 1 aromatic carbocycles. The molecule has 2 atom stereocenters. The molecule has 3 aromatic rings. The first-order valence-electron chi connectivity index (χ1n) is 13.5. The molecule has 208 valence electrons. The third-order valence-electron chi connectivity index (χ3n) is 7.00. The van der Waals surface area contributed by atoms with E-state index < -0.39 is 17.9 Å². The van der Waals surface area contributed by atoms with Crippen LogP contribution in [0.25, 0.3) is 11.1 Å². The molecule has 0 radical (unpaired) electrons. The van der Waals surface area contributed by atoms with Crippen molar-refractivity contribution in [3.63, 3.8) is 0 Å². The van der Waals surface area contributed by atoms with Gasteiger partial charge in [-0.1, -0.05) is 32.0 Å². The average Bonchev–Trinajstić information content (AvgIpc) is 2.86. The summed E-state index contributed by atoms with van der Waals surface area (Å²) >= 11 is 0. The number of aromatic nitrogens is 2. The van der Waals surface area contributed by atoms with Gasteiger partial charge in [0.05, 0.1) is 19.6 Å². The Bertz CT molecular complexity index is 1340. The summed E-state index contributed by atoms with van der Waals surface area (Å²) in [5.74, 6) is -0.714. The van der Waals surface area contributed by atoms with Crippen LogP contribution in [0.3, 0.4) is 0 Å². The van der Waals surface area contributed by atoms with Crippen molar-refractivity contribution in [2.24, 2.45) is 5.92 Å². The van der Waals surface area contributed by atoms with Crippen molar-refractivity contribution in [2.75, 3.05) is 21.2 Å². The Kier molecular flexibility index (Phi) is 10.4. The highest BCUT2D eigenvalue weighted by Gasteiger charge is 2.28. The third-order valence-corrected chi connectivity index (χ3v) is 7.00. The van der Waals surface area contributed by atoms with E-state index in [1.54, 1.807) is 23.0 Å². The van der Waals surface area contributed by atoms with Gasteiger partial charge in [-0.05, 0) is 80.2 Å². The molecule has 1 unspecified atom stereocenters. The van der Waals surface area contributed by atoms with Crippen LogP contribution in [0.1, 0.15) is 67.3 Å². The zero-order valence-corrected chi connectivity index (χ0v) is 24.2. The Labute approximate surface area is 231 Å². The molecule has 0 spiro atoms. The summed E-state index contributed by atoms with van der Waals surface area (Å²) < 4.78 is 6.52. The third kappa shape index (κ3) is 7.96. The summed E-state index contributed by atoms with van der Waals surface area (Å²) in [6.45, 7) is 8.83. The maximum atomic E-state index is 13.9. The standard InChI is InChI=1S/C32H41N3O4/c1-21(2)13-28(35-12-11-24(14-30(35)37)20-34(5)6)29(36)16-25(17-31(38)39-7)26-15-27(19-33-18-26)32-22(3)9-8-10-23(32)4/h8-12,14-15,18-19,21,25,28H,13,16-17,20H2,1-7H3/t25-,28?/m0/s1. The second-order valence-corrected chi connectivity index (χ2v) is 11.1. The van der Waals surface area contributed by atoms with Crippen molar-refractivity contribution in [1.82, 2.24) is 14.5 Å². The summed E-state index contributed by atoms with van der Waals surface area (Å²) in [5.41, 5.74) is 5.79. The van der Waals surface area contributed by atoms with Crippen molar-refractivity contribution in [3.05, 3.63) is 87.6 Å². The van der Waals surface area contributed by atoms with Crippen molar-refractivity contribution in [2.45, 2.75) is 65.5 Å². The number of carbonyl (C=O) groups is 2. The van der Waals surface area contributed by atoms with Gasteiger partial charge in [-0.15, -0.1) is 0 Å². The minimum absolute atomic E-state index is 0.0468. The minimum Gasteiger partial charge on any atom is -0.469 e. The fraction of sp³-hybridized carbons (Fsp3) is 0.438. The van der Waals surface area contributed by atoms with Crippen LogP contribution in [0.2, 0.25) is 0 Å². The summed E-state index contributed by atoms with van der Waals surface area (Å²) in [4.78, 5) is 45.9. The lowest BCUT2D eigenvalue weighted by Gasteiger charge is -2.24. The summed E-state index contributed by atoms with van der Waals surface area (Å²) in [5, 5.41) is 0. The zero-order valence-electron chi connectivity index (χ0n) is 24.2. The number of hydrogen-bond donors (Lipinski definition) is 0. The first-order chi connectivity index (χ1) is 18.5. The van der Waals surface area contributed by atoms with Crippen molar-refractivity contribution in [3.8, 4) is 11.1 Å². The van der Waals surface area contributed by atoms with E-state index in [1.165, 1.54) is 7.11 Å². The number of benzene rings is 1. The molecule has 0 saturated carbocycles. The number of ketones is 1. The molecule has 0 aliphatic carbocycles. The van der Waals surface area contributed by atoms with Crippen LogP contribution in [0.15, 0.2) is 59.8 Å². The number of nitrogens with zero attached hydrogens (tertiary/aromatic N) is 3. The van der Waals surface area contributed by atoms with Crippen LogP contribution in [-0.4, -0.2) is 47.4 Å². The van der Waals surface area contributed by atoms with Crippen LogP contribution in [0, 0.1) is 19.8 Å². The van der Waals surface area contributed by atoms with E-state index in [1.807, 2.05) is 57.2 Å². The number of pyridine rings is 2. The van der Waals surface area contributed by atoms with E-state index in [9.17, 15) is 14.4 Å². The Morgan fingerprint density at radius 2 is 1.72 bits per heavy atom. The second kappa shape index (κ2) is 13.5. The normalized spacial score (nSPS) is 12.9. The quantitative estimate of drug-likeness (QED) is 0.288. The molecule has 0 amide bonds. The van der Waals surface area contributed by atoms with Gasteiger partial charge in [-0.2, -0.15) is 0 Å². The highest BCUT2D eigenvalue weighted by atomic mass is 16.5. The van der Waals surface area contributed by atoms with Gasteiger partial charge in [0.2, 0.25) is 0 Å². The molecule has 0 bridgehead atoms. The Morgan fingerprint density at radius 1 is 1.03 bits per heavy atom. The molecule has 7 nitrogen and oxygen atoms in total. The first-order valence-corrected chi connectivity index (χ1v) is 13.5. The smallest absolute Gasteiger partial charge is 0.306 e. The molecule has 2 heterocycles. The lowest BCUT2D eigenvalue weighted by molar-refractivity contribution is -0.141. The highest BCUT2D eigenvalue weighted by Crippen LogP contribution is 2.33. The van der Waals surface area contributed by atoms with E-state index in [2.05, 4.69) is 31.0 Å². The number of methoxy groups -OCH3 is 1. The van der Waals surface area contributed by atoms with Gasteiger partial charge in [0.15, 0.2) is 5.78 Å². The Balaban J connectivity index is 1.98. The minimum atomic E-state index is -0.624.